The van der Waals surface area contributed by atoms with E-state index in [1.54, 1.807) is 6.26 Å². The molecule has 0 saturated heterocycles. The Labute approximate surface area is 81.9 Å². The minimum atomic E-state index is -0.882. The maximum atomic E-state index is 11.1. The molecule has 4 nitrogen and oxygen atoms in total. The number of hydrogen-bond donors (Lipinski definition) is 2. The van der Waals surface area contributed by atoms with Gasteiger partial charge in [0.25, 0.3) is 0 Å². The highest BCUT2D eigenvalue weighted by Crippen LogP contribution is 1.89. The third-order valence-electron chi connectivity index (χ3n) is 1.54. The molecule has 0 heterocycles. The molecule has 0 aliphatic heterocycles. The molecule has 0 aliphatic carbocycles. The quantitative estimate of drug-likeness (QED) is 0.702. The molecule has 0 saturated carbocycles. The van der Waals surface area contributed by atoms with E-state index >= 15 is 0 Å². The summed E-state index contributed by atoms with van der Waals surface area (Å²) in [5.41, 5.74) is 0. The topological polar surface area (TPSA) is 58.2 Å². The molecule has 2 unspecified atom stereocenters. The van der Waals surface area contributed by atoms with Gasteiger partial charge in [-0.2, -0.15) is 0 Å². The normalized spacial score (nSPS) is 15.2. The molecule has 0 aromatic rings. The van der Waals surface area contributed by atoms with Crippen molar-refractivity contribution in [2.75, 3.05) is 12.8 Å². The Morgan fingerprint density at radius 3 is 2.31 bits per heavy atom. The summed E-state index contributed by atoms with van der Waals surface area (Å²) in [6.45, 7) is 6.06. The van der Waals surface area contributed by atoms with E-state index < -0.39 is 10.8 Å². The number of nitrogens with one attached hydrogen (secondary N) is 2. The van der Waals surface area contributed by atoms with Gasteiger partial charge in [-0.15, -0.1) is 0 Å². The Bertz CT molecular complexity index is 195. The molecule has 2 N–H and O–H groups in total. The van der Waals surface area contributed by atoms with Gasteiger partial charge in [0.1, 0.15) is 0 Å². The largest absolute Gasteiger partial charge is 0.337 e. The van der Waals surface area contributed by atoms with Crippen LogP contribution < -0.4 is 10.6 Å². The number of urea groups is 1. The van der Waals surface area contributed by atoms with Crippen LogP contribution in [-0.4, -0.2) is 34.3 Å². The van der Waals surface area contributed by atoms with Gasteiger partial charge in [-0.05, 0) is 20.8 Å². The lowest BCUT2D eigenvalue weighted by molar-refractivity contribution is 0.238. The molecule has 0 bridgehead atoms. The molecule has 0 aliphatic rings. The number of carbonyl (C=O) groups excluding carboxylic acids is 1. The summed E-state index contributed by atoms with van der Waals surface area (Å²) in [5, 5.41) is 5.34. The second kappa shape index (κ2) is 5.96. The number of carbonyl (C=O) groups is 1. The summed E-state index contributed by atoms with van der Waals surface area (Å²) in [5.74, 6) is 0. The second-order valence-corrected chi connectivity index (χ2v) is 5.12. The monoisotopic (exact) mass is 206 g/mol. The summed E-state index contributed by atoms with van der Waals surface area (Å²) in [6.07, 6.45) is 1.63. The zero-order chi connectivity index (χ0) is 10.4. The van der Waals surface area contributed by atoms with Crippen LogP contribution in [0.15, 0.2) is 0 Å². The summed E-state index contributed by atoms with van der Waals surface area (Å²) in [4.78, 5) is 11.1. The predicted molar refractivity (Wildman–Crippen MR) is 55.2 cm³/mol. The van der Waals surface area contributed by atoms with Crippen LogP contribution in [0, 0.1) is 0 Å². The SMILES string of the molecule is CC(C)NC(=O)NCC(C)S(C)=O. The maximum absolute atomic E-state index is 11.1. The van der Waals surface area contributed by atoms with Crippen molar-refractivity contribution in [3.8, 4) is 0 Å². The van der Waals surface area contributed by atoms with Crippen LogP contribution >= 0.6 is 0 Å². The lowest BCUT2D eigenvalue weighted by Crippen LogP contribution is -2.42. The van der Waals surface area contributed by atoms with Crippen molar-refractivity contribution in [1.29, 1.82) is 0 Å². The highest BCUT2D eigenvalue weighted by molar-refractivity contribution is 7.84. The standard InChI is InChI=1S/C8H18N2O2S/c1-6(2)10-8(11)9-5-7(3)13(4)12/h6-7H,5H2,1-4H3,(H2,9,10,11). The predicted octanol–water partition coefficient (Wildman–Crippen LogP) is 0.461. The van der Waals surface area contributed by atoms with E-state index in [1.807, 2.05) is 20.8 Å². The Kier molecular flexibility index (Phi) is 5.70. The van der Waals surface area contributed by atoms with Crippen molar-refractivity contribution in [3.05, 3.63) is 0 Å². The van der Waals surface area contributed by atoms with Crippen LogP contribution in [-0.2, 0) is 10.8 Å². The van der Waals surface area contributed by atoms with E-state index in [4.69, 9.17) is 0 Å². The molecule has 78 valence electrons. The van der Waals surface area contributed by atoms with Crippen molar-refractivity contribution >= 4 is 16.8 Å². The lowest BCUT2D eigenvalue weighted by atomic mass is 10.4. The molecule has 0 rings (SSSR count). The molecule has 13 heavy (non-hydrogen) atoms. The van der Waals surface area contributed by atoms with Gasteiger partial charge in [0.05, 0.1) is 0 Å². The molecule has 0 radical (unpaired) electrons. The van der Waals surface area contributed by atoms with Gasteiger partial charge in [-0.1, -0.05) is 0 Å². The minimum absolute atomic E-state index is 0.00193. The van der Waals surface area contributed by atoms with Gasteiger partial charge >= 0.3 is 6.03 Å². The molecule has 0 aromatic heterocycles. The fourth-order valence-electron chi connectivity index (χ4n) is 0.667. The third-order valence-corrected chi connectivity index (χ3v) is 2.84. The van der Waals surface area contributed by atoms with Crippen molar-refractivity contribution < 1.29 is 9.00 Å². The summed E-state index contributed by atoms with van der Waals surface area (Å²) >= 11 is 0. The van der Waals surface area contributed by atoms with Crippen molar-refractivity contribution in [2.24, 2.45) is 0 Å². The van der Waals surface area contributed by atoms with E-state index in [9.17, 15) is 9.00 Å². The van der Waals surface area contributed by atoms with Crippen LogP contribution in [0.3, 0.4) is 0 Å². The number of hydrogen-bond acceptors (Lipinski definition) is 2. The average Bonchev–Trinajstić information content (AvgIpc) is 1.98. The molecule has 0 aromatic carbocycles. The van der Waals surface area contributed by atoms with Gasteiger partial charge in [-0.3, -0.25) is 4.21 Å². The summed E-state index contributed by atoms with van der Waals surface area (Å²) in [7, 11) is -0.882. The molecular weight excluding hydrogens is 188 g/mol. The molecule has 0 fully saturated rings. The first-order valence-corrected chi connectivity index (χ1v) is 5.92. The minimum Gasteiger partial charge on any atom is -0.337 e. The average molecular weight is 206 g/mol. The number of amides is 2. The molecular formula is C8H18N2O2S. The van der Waals surface area contributed by atoms with E-state index in [-0.39, 0.29) is 17.3 Å². The second-order valence-electron chi connectivity index (χ2n) is 3.32. The highest BCUT2D eigenvalue weighted by atomic mass is 32.2. The lowest BCUT2D eigenvalue weighted by Gasteiger charge is -2.12. The molecule has 0 spiro atoms. The zero-order valence-electron chi connectivity index (χ0n) is 8.59. The molecule has 5 heteroatoms. The Morgan fingerprint density at radius 1 is 1.38 bits per heavy atom. The van der Waals surface area contributed by atoms with E-state index in [0.29, 0.717) is 6.54 Å². The van der Waals surface area contributed by atoms with Crippen LogP contribution in [0.25, 0.3) is 0 Å². The van der Waals surface area contributed by atoms with E-state index in [1.165, 1.54) is 0 Å². The van der Waals surface area contributed by atoms with Gasteiger partial charge in [-0.25, -0.2) is 4.79 Å². The van der Waals surface area contributed by atoms with E-state index in [2.05, 4.69) is 10.6 Å². The summed E-state index contributed by atoms with van der Waals surface area (Å²) in [6, 6.07) is -0.0743. The zero-order valence-corrected chi connectivity index (χ0v) is 9.40. The molecule has 2 atom stereocenters. The third kappa shape index (κ3) is 6.57. The van der Waals surface area contributed by atoms with Crippen LogP contribution in [0.1, 0.15) is 20.8 Å². The van der Waals surface area contributed by atoms with Gasteiger partial charge in [0.15, 0.2) is 0 Å². The van der Waals surface area contributed by atoms with Gasteiger partial charge < -0.3 is 10.6 Å². The maximum Gasteiger partial charge on any atom is 0.315 e. The van der Waals surface area contributed by atoms with Crippen molar-refractivity contribution in [2.45, 2.75) is 32.1 Å². The highest BCUT2D eigenvalue weighted by Gasteiger charge is 2.08. The fraction of sp³-hybridized carbons (Fsp3) is 0.875. The molecule has 2 amide bonds. The van der Waals surface area contributed by atoms with Gasteiger partial charge in [0.2, 0.25) is 0 Å². The van der Waals surface area contributed by atoms with Crippen LogP contribution in [0.4, 0.5) is 4.79 Å². The fourth-order valence-corrected chi connectivity index (χ4v) is 0.985. The Balaban J connectivity index is 3.64. The number of rotatable bonds is 4. The first-order valence-electron chi connectivity index (χ1n) is 4.30. The van der Waals surface area contributed by atoms with Gasteiger partial charge in [0, 0.05) is 34.9 Å². The van der Waals surface area contributed by atoms with E-state index in [0.717, 1.165) is 0 Å². The summed E-state index contributed by atoms with van der Waals surface area (Å²) < 4.78 is 10.9. The smallest absolute Gasteiger partial charge is 0.315 e. The Morgan fingerprint density at radius 2 is 1.92 bits per heavy atom. The van der Waals surface area contributed by atoms with Crippen molar-refractivity contribution in [3.63, 3.8) is 0 Å². The van der Waals surface area contributed by atoms with Crippen LogP contribution in [0.5, 0.6) is 0 Å². The first-order chi connectivity index (χ1) is 5.93. The Hall–Kier alpha value is -0.580. The van der Waals surface area contributed by atoms with Crippen molar-refractivity contribution in [1.82, 2.24) is 10.6 Å². The van der Waals surface area contributed by atoms with Crippen LogP contribution in [0.2, 0.25) is 0 Å². The first kappa shape index (κ1) is 12.4.